The van der Waals surface area contributed by atoms with Crippen molar-refractivity contribution in [2.24, 2.45) is 4.99 Å². The molecule has 4 nitrogen and oxygen atoms in total. The van der Waals surface area contributed by atoms with E-state index in [1.807, 2.05) is 30.3 Å². The van der Waals surface area contributed by atoms with Gasteiger partial charge in [-0.2, -0.15) is 0 Å². The first-order chi connectivity index (χ1) is 15.0. The van der Waals surface area contributed by atoms with Crippen molar-refractivity contribution < 1.29 is 9.53 Å². The normalized spacial score (nSPS) is 16.0. The topological polar surface area (TPSA) is 50.7 Å². The molecule has 3 aromatic rings. The maximum atomic E-state index is 12.3. The van der Waals surface area contributed by atoms with Gasteiger partial charge in [0.15, 0.2) is 5.17 Å². The van der Waals surface area contributed by atoms with Crippen LogP contribution in [0.15, 0.2) is 76.6 Å². The van der Waals surface area contributed by atoms with Crippen LogP contribution >= 0.6 is 35.0 Å². The van der Waals surface area contributed by atoms with Gasteiger partial charge in [-0.15, -0.1) is 0 Å². The highest BCUT2D eigenvalue weighted by molar-refractivity contribution is 8.18. The largest absolute Gasteiger partial charge is 0.489 e. The van der Waals surface area contributed by atoms with Gasteiger partial charge in [0.2, 0.25) is 0 Å². The van der Waals surface area contributed by atoms with E-state index >= 15 is 0 Å². The van der Waals surface area contributed by atoms with E-state index in [4.69, 9.17) is 27.9 Å². The van der Waals surface area contributed by atoms with Gasteiger partial charge in [0.05, 0.1) is 20.6 Å². The molecule has 1 fully saturated rings. The molecule has 0 aromatic heterocycles. The van der Waals surface area contributed by atoms with E-state index in [-0.39, 0.29) is 5.91 Å². The number of rotatable bonds is 5. The molecule has 1 aliphatic rings. The maximum Gasteiger partial charge on any atom is 0.264 e. The molecule has 0 saturated carbocycles. The molecule has 1 N–H and O–H groups in total. The van der Waals surface area contributed by atoms with Gasteiger partial charge < -0.3 is 10.1 Å². The van der Waals surface area contributed by atoms with Crippen LogP contribution in [0, 0.1) is 6.92 Å². The minimum atomic E-state index is -0.207. The van der Waals surface area contributed by atoms with Gasteiger partial charge in [0, 0.05) is 0 Å². The fourth-order valence-electron chi connectivity index (χ4n) is 2.83. The molecule has 0 unspecified atom stereocenters. The minimum Gasteiger partial charge on any atom is -0.489 e. The average Bonchev–Trinajstić information content (AvgIpc) is 3.10. The fraction of sp³-hybridized carbons (Fsp3) is 0.0833. The second kappa shape index (κ2) is 9.60. The van der Waals surface area contributed by atoms with Gasteiger partial charge in [-0.25, -0.2) is 4.99 Å². The Morgan fingerprint density at radius 2 is 1.77 bits per heavy atom. The molecule has 0 atom stereocenters. The number of nitrogens with zero attached hydrogens (tertiary/aromatic N) is 1. The standard InChI is InChI=1S/C24H18Cl2N2O2S/c1-15-5-7-17(8-6-15)14-30-18-11-9-16(10-12-18)13-21-23(29)28-24(31-21)27-20-4-2-3-19(25)22(20)26/h2-13H,14H2,1H3,(H,27,28,29)/b21-13-. The Kier molecular flexibility index (Phi) is 6.66. The molecule has 0 bridgehead atoms. The molecule has 0 radical (unpaired) electrons. The summed E-state index contributed by atoms with van der Waals surface area (Å²) < 4.78 is 5.83. The highest BCUT2D eigenvalue weighted by Gasteiger charge is 2.24. The number of aliphatic imine (C=N–C) groups is 1. The quantitative estimate of drug-likeness (QED) is 0.420. The molecule has 3 aromatic carbocycles. The van der Waals surface area contributed by atoms with Crippen molar-refractivity contribution in [2.45, 2.75) is 13.5 Å². The second-order valence-electron chi connectivity index (χ2n) is 6.90. The summed E-state index contributed by atoms with van der Waals surface area (Å²) in [5.41, 5.74) is 3.73. The summed E-state index contributed by atoms with van der Waals surface area (Å²) in [5, 5.41) is 3.98. The number of amides is 1. The second-order valence-corrected chi connectivity index (χ2v) is 8.71. The zero-order valence-corrected chi connectivity index (χ0v) is 18.9. The average molecular weight is 469 g/mol. The number of benzene rings is 3. The molecule has 31 heavy (non-hydrogen) atoms. The third kappa shape index (κ3) is 5.50. The Balaban J connectivity index is 1.42. The summed E-state index contributed by atoms with van der Waals surface area (Å²) in [6, 6.07) is 21.0. The number of hydrogen-bond donors (Lipinski definition) is 1. The van der Waals surface area contributed by atoms with E-state index in [1.165, 1.54) is 17.3 Å². The van der Waals surface area contributed by atoms with Crippen molar-refractivity contribution in [3.8, 4) is 5.75 Å². The predicted octanol–water partition coefficient (Wildman–Crippen LogP) is 6.77. The van der Waals surface area contributed by atoms with Gasteiger partial charge >= 0.3 is 0 Å². The van der Waals surface area contributed by atoms with Crippen LogP contribution in [0.1, 0.15) is 16.7 Å². The summed E-state index contributed by atoms with van der Waals surface area (Å²) >= 11 is 13.4. The number of nitrogens with one attached hydrogen (secondary N) is 1. The molecule has 0 spiro atoms. The number of thioether (sulfide) groups is 1. The first-order valence-electron chi connectivity index (χ1n) is 9.50. The molecule has 4 rings (SSSR count). The Morgan fingerprint density at radius 3 is 2.52 bits per heavy atom. The molecule has 0 aliphatic carbocycles. The number of carbonyl (C=O) groups is 1. The van der Waals surface area contributed by atoms with Crippen molar-refractivity contribution in [3.63, 3.8) is 0 Å². The number of aryl methyl sites for hydroxylation is 1. The van der Waals surface area contributed by atoms with Crippen molar-refractivity contribution in [3.05, 3.63) is 98.4 Å². The van der Waals surface area contributed by atoms with Crippen molar-refractivity contribution >= 4 is 57.8 Å². The van der Waals surface area contributed by atoms with E-state index in [9.17, 15) is 4.79 Å². The molecule has 7 heteroatoms. The Hall–Kier alpha value is -2.73. The van der Waals surface area contributed by atoms with Crippen LogP contribution in [-0.4, -0.2) is 11.1 Å². The van der Waals surface area contributed by atoms with Crippen LogP contribution in [0.5, 0.6) is 5.75 Å². The number of carbonyl (C=O) groups excluding carboxylic acids is 1. The highest BCUT2D eigenvalue weighted by atomic mass is 35.5. The summed E-state index contributed by atoms with van der Waals surface area (Å²) in [4.78, 5) is 17.3. The number of hydrogen-bond acceptors (Lipinski definition) is 4. The summed E-state index contributed by atoms with van der Waals surface area (Å²) in [6.45, 7) is 2.56. The molecular formula is C24H18Cl2N2O2S. The summed E-state index contributed by atoms with van der Waals surface area (Å²) in [6.07, 6.45) is 1.81. The zero-order valence-electron chi connectivity index (χ0n) is 16.6. The fourth-order valence-corrected chi connectivity index (χ4v) is 4.00. The number of ether oxygens (including phenoxy) is 1. The minimum absolute atomic E-state index is 0.207. The van der Waals surface area contributed by atoms with E-state index in [0.29, 0.717) is 32.4 Å². The SMILES string of the molecule is Cc1ccc(COc2ccc(/C=C3\SC(=Nc4cccc(Cl)c4Cl)NC3=O)cc2)cc1. The first kappa shape index (κ1) is 21.5. The first-order valence-corrected chi connectivity index (χ1v) is 11.1. The van der Waals surface area contributed by atoms with Gasteiger partial charge in [-0.3, -0.25) is 4.79 Å². The lowest BCUT2D eigenvalue weighted by atomic mass is 10.1. The number of halogens is 2. The Morgan fingerprint density at radius 1 is 1.03 bits per heavy atom. The Bertz CT molecular complexity index is 1170. The van der Waals surface area contributed by atoms with Gasteiger partial charge in [-0.05, 0) is 60.2 Å². The Labute approximate surface area is 194 Å². The van der Waals surface area contributed by atoms with Gasteiger partial charge in [0.25, 0.3) is 5.91 Å². The zero-order chi connectivity index (χ0) is 21.8. The van der Waals surface area contributed by atoms with Gasteiger partial charge in [0.1, 0.15) is 12.4 Å². The molecule has 1 saturated heterocycles. The van der Waals surface area contributed by atoms with E-state index in [1.54, 1.807) is 18.2 Å². The number of amidine groups is 1. The molecule has 1 amide bonds. The van der Waals surface area contributed by atoms with Gasteiger partial charge in [-0.1, -0.05) is 71.2 Å². The van der Waals surface area contributed by atoms with E-state index in [0.717, 1.165) is 16.9 Å². The lowest BCUT2D eigenvalue weighted by Crippen LogP contribution is -2.19. The molecule has 1 heterocycles. The maximum absolute atomic E-state index is 12.3. The van der Waals surface area contributed by atoms with Crippen molar-refractivity contribution in [1.29, 1.82) is 0 Å². The van der Waals surface area contributed by atoms with Crippen molar-refractivity contribution in [2.75, 3.05) is 0 Å². The van der Waals surface area contributed by atoms with Crippen LogP contribution in [0.2, 0.25) is 10.0 Å². The smallest absolute Gasteiger partial charge is 0.264 e. The predicted molar refractivity (Wildman–Crippen MR) is 129 cm³/mol. The van der Waals surface area contributed by atoms with Crippen LogP contribution in [0.4, 0.5) is 5.69 Å². The van der Waals surface area contributed by atoms with Crippen LogP contribution in [-0.2, 0) is 11.4 Å². The monoisotopic (exact) mass is 468 g/mol. The van der Waals surface area contributed by atoms with E-state index < -0.39 is 0 Å². The van der Waals surface area contributed by atoms with Crippen LogP contribution in [0.3, 0.4) is 0 Å². The van der Waals surface area contributed by atoms with E-state index in [2.05, 4.69) is 41.5 Å². The summed E-state index contributed by atoms with van der Waals surface area (Å²) in [7, 11) is 0. The molecule has 156 valence electrons. The van der Waals surface area contributed by atoms with Crippen LogP contribution in [0.25, 0.3) is 6.08 Å². The lowest BCUT2D eigenvalue weighted by Gasteiger charge is -2.07. The molecule has 1 aliphatic heterocycles. The third-order valence-corrected chi connectivity index (χ3v) is 6.23. The van der Waals surface area contributed by atoms with Crippen molar-refractivity contribution in [1.82, 2.24) is 5.32 Å². The van der Waals surface area contributed by atoms with Crippen LogP contribution < -0.4 is 10.1 Å². The third-order valence-electron chi connectivity index (χ3n) is 4.51. The lowest BCUT2D eigenvalue weighted by molar-refractivity contribution is -0.115. The molecular weight excluding hydrogens is 451 g/mol. The summed E-state index contributed by atoms with van der Waals surface area (Å²) in [5.74, 6) is 0.561. The highest BCUT2D eigenvalue weighted by Crippen LogP contribution is 2.34.